The van der Waals surface area contributed by atoms with Crippen LogP contribution in [-0.4, -0.2) is 0 Å². The van der Waals surface area contributed by atoms with Gasteiger partial charge in [-0.05, 0) is 91.9 Å². The number of nitrogens with one attached hydrogen (secondary N) is 2. The van der Waals surface area contributed by atoms with Gasteiger partial charge >= 0.3 is 0 Å². The first-order valence-corrected chi connectivity index (χ1v) is 10.4. The van der Waals surface area contributed by atoms with Crippen molar-refractivity contribution >= 4 is 22.7 Å². The molecule has 0 aliphatic rings. The fourth-order valence-corrected chi connectivity index (χ4v) is 3.79. The molecule has 0 aromatic heterocycles. The van der Waals surface area contributed by atoms with Crippen molar-refractivity contribution in [2.24, 2.45) is 0 Å². The van der Waals surface area contributed by atoms with Crippen molar-refractivity contribution in [3.8, 4) is 11.1 Å². The smallest absolute Gasteiger partial charge is 0.0493 e. The van der Waals surface area contributed by atoms with Gasteiger partial charge in [0.25, 0.3) is 0 Å². The zero-order valence-electron chi connectivity index (χ0n) is 18.1. The van der Waals surface area contributed by atoms with Gasteiger partial charge in [-0.2, -0.15) is 0 Å². The molecule has 0 heterocycles. The van der Waals surface area contributed by atoms with Crippen molar-refractivity contribution in [1.82, 2.24) is 0 Å². The van der Waals surface area contributed by atoms with Crippen LogP contribution in [0.1, 0.15) is 22.3 Å². The zero-order chi connectivity index (χ0) is 21.1. The fourth-order valence-electron chi connectivity index (χ4n) is 3.79. The Balaban J connectivity index is 1.67. The van der Waals surface area contributed by atoms with Gasteiger partial charge in [-0.15, -0.1) is 0 Å². The van der Waals surface area contributed by atoms with Gasteiger partial charge in [0, 0.05) is 28.3 Å². The fraction of sp³-hybridized carbons (Fsp3) is 0.143. The minimum Gasteiger partial charge on any atom is -0.355 e. The number of anilines is 4. The highest BCUT2D eigenvalue weighted by Gasteiger charge is 2.10. The van der Waals surface area contributed by atoms with Crippen LogP contribution in [0.15, 0.2) is 84.9 Å². The van der Waals surface area contributed by atoms with Crippen LogP contribution in [0.25, 0.3) is 11.1 Å². The summed E-state index contributed by atoms with van der Waals surface area (Å²) in [5.41, 5.74) is 11.9. The first kappa shape index (κ1) is 19.8. The summed E-state index contributed by atoms with van der Waals surface area (Å²) in [6.45, 7) is 8.54. The molecule has 0 atom stereocenters. The molecule has 0 fully saturated rings. The van der Waals surface area contributed by atoms with E-state index in [0.717, 1.165) is 22.7 Å². The summed E-state index contributed by atoms with van der Waals surface area (Å²) in [5.74, 6) is 0. The van der Waals surface area contributed by atoms with Crippen LogP contribution in [0.3, 0.4) is 0 Å². The third kappa shape index (κ3) is 4.38. The van der Waals surface area contributed by atoms with E-state index in [1.807, 2.05) is 0 Å². The molecule has 0 saturated heterocycles. The summed E-state index contributed by atoms with van der Waals surface area (Å²) in [6.07, 6.45) is 0. The van der Waals surface area contributed by atoms with E-state index in [-0.39, 0.29) is 0 Å². The molecule has 4 rings (SSSR count). The monoisotopic (exact) mass is 392 g/mol. The second-order valence-electron chi connectivity index (χ2n) is 8.02. The molecule has 2 heteroatoms. The average molecular weight is 393 g/mol. The predicted molar refractivity (Wildman–Crippen MR) is 130 cm³/mol. The molecule has 4 aromatic carbocycles. The molecule has 2 nitrogen and oxygen atoms in total. The largest absolute Gasteiger partial charge is 0.355 e. The third-order valence-electron chi connectivity index (χ3n) is 5.39. The van der Waals surface area contributed by atoms with Crippen molar-refractivity contribution in [2.45, 2.75) is 27.7 Å². The minimum atomic E-state index is 1.11. The van der Waals surface area contributed by atoms with E-state index in [2.05, 4.69) is 123 Å². The summed E-state index contributed by atoms with van der Waals surface area (Å²) in [7, 11) is 0. The lowest BCUT2D eigenvalue weighted by Gasteiger charge is -2.17. The van der Waals surface area contributed by atoms with Gasteiger partial charge in [0.15, 0.2) is 0 Å². The van der Waals surface area contributed by atoms with Crippen LogP contribution < -0.4 is 10.6 Å². The van der Waals surface area contributed by atoms with Crippen LogP contribution in [0.4, 0.5) is 22.7 Å². The molecule has 30 heavy (non-hydrogen) atoms. The Labute approximate surface area is 179 Å². The van der Waals surface area contributed by atoms with Gasteiger partial charge in [-0.3, -0.25) is 0 Å². The number of hydrogen-bond acceptors (Lipinski definition) is 2. The van der Waals surface area contributed by atoms with Crippen molar-refractivity contribution in [2.75, 3.05) is 10.6 Å². The highest BCUT2D eigenvalue weighted by molar-refractivity contribution is 5.84. The van der Waals surface area contributed by atoms with E-state index >= 15 is 0 Å². The Kier molecular flexibility index (Phi) is 5.58. The molecule has 0 bridgehead atoms. The number of rotatable bonds is 5. The zero-order valence-corrected chi connectivity index (χ0v) is 18.1. The van der Waals surface area contributed by atoms with Gasteiger partial charge in [-0.25, -0.2) is 0 Å². The lowest BCUT2D eigenvalue weighted by atomic mass is 9.98. The van der Waals surface area contributed by atoms with E-state index in [0.29, 0.717) is 0 Å². The Morgan fingerprint density at radius 1 is 0.533 bits per heavy atom. The van der Waals surface area contributed by atoms with Gasteiger partial charge in [-0.1, -0.05) is 48.5 Å². The Morgan fingerprint density at radius 3 is 1.80 bits per heavy atom. The van der Waals surface area contributed by atoms with Crippen LogP contribution in [0.2, 0.25) is 0 Å². The van der Waals surface area contributed by atoms with Gasteiger partial charge in [0.2, 0.25) is 0 Å². The molecule has 0 unspecified atom stereocenters. The predicted octanol–water partition coefficient (Wildman–Crippen LogP) is 8.07. The average Bonchev–Trinajstić information content (AvgIpc) is 2.71. The van der Waals surface area contributed by atoms with Crippen LogP contribution in [0, 0.1) is 27.7 Å². The number of hydrogen-bond donors (Lipinski definition) is 2. The SMILES string of the molecule is Cc1cccc(Nc2ccc(-c3cccc(C)c3Nc3cccc(C)c3)cc2C)c1. The Hall–Kier alpha value is -3.52. The summed E-state index contributed by atoms with van der Waals surface area (Å²) in [4.78, 5) is 0. The normalized spacial score (nSPS) is 10.7. The number of para-hydroxylation sites is 1. The topological polar surface area (TPSA) is 24.1 Å². The molecule has 0 spiro atoms. The minimum absolute atomic E-state index is 1.11. The molecular weight excluding hydrogens is 364 g/mol. The first-order chi connectivity index (χ1) is 14.5. The molecule has 0 saturated carbocycles. The maximum absolute atomic E-state index is 3.64. The van der Waals surface area contributed by atoms with E-state index < -0.39 is 0 Å². The molecule has 0 radical (unpaired) electrons. The summed E-state index contributed by atoms with van der Waals surface area (Å²) < 4.78 is 0. The molecule has 4 aromatic rings. The van der Waals surface area contributed by atoms with Crippen molar-refractivity contribution in [3.63, 3.8) is 0 Å². The van der Waals surface area contributed by atoms with E-state index in [1.54, 1.807) is 0 Å². The second kappa shape index (κ2) is 8.46. The molecule has 0 aliphatic carbocycles. The van der Waals surface area contributed by atoms with Gasteiger partial charge in [0.05, 0.1) is 0 Å². The number of aryl methyl sites for hydroxylation is 4. The first-order valence-electron chi connectivity index (χ1n) is 10.4. The van der Waals surface area contributed by atoms with Gasteiger partial charge in [0.1, 0.15) is 0 Å². The van der Waals surface area contributed by atoms with Crippen LogP contribution >= 0.6 is 0 Å². The maximum Gasteiger partial charge on any atom is 0.0493 e. The molecule has 2 N–H and O–H groups in total. The maximum atomic E-state index is 3.64. The number of benzene rings is 4. The van der Waals surface area contributed by atoms with Crippen molar-refractivity contribution < 1.29 is 0 Å². The van der Waals surface area contributed by atoms with Gasteiger partial charge < -0.3 is 10.6 Å². The molecule has 0 amide bonds. The van der Waals surface area contributed by atoms with E-state index in [9.17, 15) is 0 Å². The van der Waals surface area contributed by atoms with E-state index in [1.165, 1.54) is 33.4 Å². The molecule has 150 valence electrons. The summed E-state index contributed by atoms with van der Waals surface area (Å²) in [6, 6.07) is 30.1. The molecular formula is C28H28N2. The molecule has 0 aliphatic heterocycles. The Morgan fingerprint density at radius 2 is 1.17 bits per heavy atom. The lowest BCUT2D eigenvalue weighted by molar-refractivity contribution is 1.39. The standard InChI is InChI=1S/C28H28N2/c1-19-8-5-11-24(16-19)29-27-15-14-23(18-22(27)4)26-13-7-10-21(3)28(26)30-25-12-6-9-20(2)17-25/h5-18,29-30H,1-4H3. The summed E-state index contributed by atoms with van der Waals surface area (Å²) >= 11 is 0. The second-order valence-corrected chi connectivity index (χ2v) is 8.02. The third-order valence-corrected chi connectivity index (χ3v) is 5.39. The highest BCUT2D eigenvalue weighted by atomic mass is 14.9. The highest BCUT2D eigenvalue weighted by Crippen LogP contribution is 2.35. The van der Waals surface area contributed by atoms with Crippen molar-refractivity contribution in [3.05, 3.63) is 107 Å². The Bertz CT molecular complexity index is 1190. The van der Waals surface area contributed by atoms with Crippen LogP contribution in [0.5, 0.6) is 0 Å². The quantitative estimate of drug-likeness (QED) is 0.359. The van der Waals surface area contributed by atoms with E-state index in [4.69, 9.17) is 0 Å². The lowest BCUT2D eigenvalue weighted by Crippen LogP contribution is -1.98. The van der Waals surface area contributed by atoms with Crippen LogP contribution in [-0.2, 0) is 0 Å². The van der Waals surface area contributed by atoms with Crippen molar-refractivity contribution in [1.29, 1.82) is 0 Å². The summed E-state index contributed by atoms with van der Waals surface area (Å²) in [5, 5.41) is 7.19.